The second-order valence-electron chi connectivity index (χ2n) is 4.75. The van der Waals surface area contributed by atoms with E-state index in [4.69, 9.17) is 4.42 Å². The third-order valence-corrected chi connectivity index (χ3v) is 3.85. The fourth-order valence-electron chi connectivity index (χ4n) is 2.03. The number of oxazole rings is 1. The molecular weight excluding hydrogens is 391 g/mol. The van der Waals surface area contributed by atoms with Gasteiger partial charge in [0.25, 0.3) is 5.91 Å². The first kappa shape index (κ1) is 14.8. The van der Waals surface area contributed by atoms with Gasteiger partial charge >= 0.3 is 0 Å². The van der Waals surface area contributed by atoms with Crippen LogP contribution in [0.2, 0.25) is 0 Å². The predicted molar refractivity (Wildman–Crippen MR) is 93.8 cm³/mol. The van der Waals surface area contributed by atoms with Crippen molar-refractivity contribution in [2.24, 2.45) is 0 Å². The highest BCUT2D eigenvalue weighted by molar-refractivity contribution is 14.1. The largest absolute Gasteiger partial charge is 0.441 e. The molecule has 1 amide bonds. The molecule has 0 saturated carbocycles. The quantitative estimate of drug-likeness (QED) is 0.654. The van der Waals surface area contributed by atoms with Crippen LogP contribution in [0.1, 0.15) is 16.2 Å². The molecule has 0 spiro atoms. The Balaban J connectivity index is 1.84. The minimum Gasteiger partial charge on any atom is -0.441 e. The van der Waals surface area contributed by atoms with Gasteiger partial charge in [0, 0.05) is 14.8 Å². The maximum absolute atomic E-state index is 12.3. The molecule has 0 unspecified atom stereocenters. The van der Waals surface area contributed by atoms with E-state index >= 15 is 0 Å². The van der Waals surface area contributed by atoms with Crippen molar-refractivity contribution < 1.29 is 9.21 Å². The van der Waals surface area contributed by atoms with Gasteiger partial charge in [0.15, 0.2) is 5.69 Å². The van der Waals surface area contributed by atoms with Gasteiger partial charge in [0.1, 0.15) is 5.76 Å². The molecule has 3 aromatic rings. The second-order valence-corrected chi connectivity index (χ2v) is 6.00. The number of nitrogens with zero attached hydrogens (tertiary/aromatic N) is 1. The Morgan fingerprint density at radius 2 is 1.77 bits per heavy atom. The summed E-state index contributed by atoms with van der Waals surface area (Å²) in [6.07, 6.45) is 0. The minimum absolute atomic E-state index is 0.273. The predicted octanol–water partition coefficient (Wildman–Crippen LogP) is 4.51. The van der Waals surface area contributed by atoms with Gasteiger partial charge in [-0.15, -0.1) is 0 Å². The van der Waals surface area contributed by atoms with Crippen LogP contribution in [-0.4, -0.2) is 10.9 Å². The normalized spacial score (nSPS) is 10.5. The van der Waals surface area contributed by atoms with Crippen LogP contribution >= 0.6 is 22.6 Å². The summed E-state index contributed by atoms with van der Waals surface area (Å²) in [4.78, 5) is 16.6. The number of rotatable bonds is 3. The molecule has 1 N–H and O–H groups in total. The number of anilines is 1. The molecule has 2 aromatic carbocycles. The van der Waals surface area contributed by atoms with E-state index in [1.807, 2.05) is 54.6 Å². The Bertz CT molecular complexity index is 795. The van der Waals surface area contributed by atoms with Crippen molar-refractivity contribution in [2.45, 2.75) is 6.92 Å². The lowest BCUT2D eigenvalue weighted by molar-refractivity contribution is 0.102. The number of halogens is 1. The van der Waals surface area contributed by atoms with Gasteiger partial charge in [-0.25, -0.2) is 4.98 Å². The Labute approximate surface area is 141 Å². The molecule has 0 aliphatic heterocycles. The van der Waals surface area contributed by atoms with E-state index < -0.39 is 0 Å². The van der Waals surface area contributed by atoms with Crippen molar-refractivity contribution >= 4 is 34.2 Å². The van der Waals surface area contributed by atoms with Crippen molar-refractivity contribution in [3.8, 4) is 11.5 Å². The Morgan fingerprint density at radius 1 is 1.09 bits per heavy atom. The van der Waals surface area contributed by atoms with Crippen molar-refractivity contribution in [3.63, 3.8) is 0 Å². The van der Waals surface area contributed by atoms with E-state index in [1.165, 1.54) is 0 Å². The molecule has 110 valence electrons. The minimum atomic E-state index is -0.273. The Kier molecular flexibility index (Phi) is 4.24. The van der Waals surface area contributed by atoms with Crippen LogP contribution in [0, 0.1) is 10.5 Å². The van der Waals surface area contributed by atoms with Crippen molar-refractivity contribution in [3.05, 3.63) is 69.6 Å². The molecule has 0 atom stereocenters. The summed E-state index contributed by atoms with van der Waals surface area (Å²) in [5.74, 6) is 0.678. The van der Waals surface area contributed by atoms with Crippen LogP contribution in [0.25, 0.3) is 11.5 Å². The van der Waals surface area contributed by atoms with Gasteiger partial charge in [-0.05, 0) is 65.9 Å². The highest BCUT2D eigenvalue weighted by Crippen LogP contribution is 2.22. The Hall–Kier alpha value is -2.15. The number of benzene rings is 2. The monoisotopic (exact) mass is 404 g/mol. The second kappa shape index (κ2) is 6.31. The summed E-state index contributed by atoms with van der Waals surface area (Å²) >= 11 is 2.22. The average Bonchev–Trinajstić information content (AvgIpc) is 2.92. The van der Waals surface area contributed by atoms with Crippen LogP contribution in [0.3, 0.4) is 0 Å². The number of carbonyl (C=O) groups is 1. The van der Waals surface area contributed by atoms with Gasteiger partial charge in [0.2, 0.25) is 5.89 Å². The molecule has 1 aromatic heterocycles. The number of hydrogen-bond acceptors (Lipinski definition) is 3. The van der Waals surface area contributed by atoms with Gasteiger partial charge in [-0.3, -0.25) is 4.79 Å². The molecule has 0 saturated heterocycles. The summed E-state index contributed by atoms with van der Waals surface area (Å²) in [7, 11) is 0. The fraction of sp³-hybridized carbons (Fsp3) is 0.0588. The molecule has 0 radical (unpaired) electrons. The average molecular weight is 404 g/mol. The van der Waals surface area contributed by atoms with E-state index in [-0.39, 0.29) is 5.91 Å². The lowest BCUT2D eigenvalue weighted by Crippen LogP contribution is -2.13. The highest BCUT2D eigenvalue weighted by Gasteiger charge is 2.18. The topological polar surface area (TPSA) is 55.1 Å². The zero-order valence-electron chi connectivity index (χ0n) is 11.8. The summed E-state index contributed by atoms with van der Waals surface area (Å²) in [6, 6.07) is 17.1. The van der Waals surface area contributed by atoms with Crippen LogP contribution in [0.4, 0.5) is 5.69 Å². The van der Waals surface area contributed by atoms with Crippen molar-refractivity contribution in [1.29, 1.82) is 0 Å². The van der Waals surface area contributed by atoms with Gasteiger partial charge in [0.05, 0.1) is 0 Å². The molecule has 3 rings (SSSR count). The molecule has 1 heterocycles. The number of carbonyl (C=O) groups excluding carboxylic acids is 1. The zero-order chi connectivity index (χ0) is 15.5. The molecule has 0 aliphatic carbocycles. The summed E-state index contributed by atoms with van der Waals surface area (Å²) in [6.45, 7) is 1.74. The smallest absolute Gasteiger partial charge is 0.277 e. The van der Waals surface area contributed by atoms with Crippen molar-refractivity contribution in [1.82, 2.24) is 4.98 Å². The Morgan fingerprint density at radius 3 is 2.45 bits per heavy atom. The zero-order valence-corrected chi connectivity index (χ0v) is 14.0. The van der Waals surface area contributed by atoms with Crippen LogP contribution in [0.5, 0.6) is 0 Å². The van der Waals surface area contributed by atoms with E-state index in [0.717, 1.165) is 14.8 Å². The fourth-order valence-corrected chi connectivity index (χ4v) is 2.39. The lowest BCUT2D eigenvalue weighted by atomic mass is 10.2. The molecule has 0 fully saturated rings. The first-order chi connectivity index (χ1) is 10.6. The van der Waals surface area contributed by atoms with E-state index in [2.05, 4.69) is 32.9 Å². The molecule has 5 heteroatoms. The third-order valence-electron chi connectivity index (χ3n) is 3.13. The summed E-state index contributed by atoms with van der Waals surface area (Å²) < 4.78 is 6.72. The number of amides is 1. The van der Waals surface area contributed by atoms with Gasteiger partial charge in [-0.2, -0.15) is 0 Å². The maximum Gasteiger partial charge on any atom is 0.277 e. The number of hydrogen-bond donors (Lipinski definition) is 1. The maximum atomic E-state index is 12.3. The standard InChI is InChI=1S/C17H13IN2O2/c1-11-15(16(21)19-14-9-7-13(18)8-10-14)20-17(22-11)12-5-3-2-4-6-12/h2-10H,1H3,(H,19,21). The highest BCUT2D eigenvalue weighted by atomic mass is 127. The SMILES string of the molecule is Cc1oc(-c2ccccc2)nc1C(=O)Nc1ccc(I)cc1. The number of aromatic nitrogens is 1. The van der Waals surface area contributed by atoms with Crippen molar-refractivity contribution in [2.75, 3.05) is 5.32 Å². The summed E-state index contributed by atoms with van der Waals surface area (Å²) in [5.41, 5.74) is 1.88. The lowest BCUT2D eigenvalue weighted by Gasteiger charge is -2.03. The van der Waals surface area contributed by atoms with Gasteiger partial charge in [-0.1, -0.05) is 18.2 Å². The molecule has 22 heavy (non-hydrogen) atoms. The van der Waals surface area contributed by atoms with E-state index in [0.29, 0.717) is 17.3 Å². The first-order valence-corrected chi connectivity index (χ1v) is 7.81. The van der Waals surface area contributed by atoms with Crippen LogP contribution < -0.4 is 5.32 Å². The molecular formula is C17H13IN2O2. The van der Waals surface area contributed by atoms with E-state index in [1.54, 1.807) is 6.92 Å². The van der Waals surface area contributed by atoms with Crippen LogP contribution in [-0.2, 0) is 0 Å². The van der Waals surface area contributed by atoms with Gasteiger partial charge < -0.3 is 9.73 Å². The first-order valence-electron chi connectivity index (χ1n) is 6.73. The number of nitrogens with one attached hydrogen (secondary N) is 1. The molecule has 0 bridgehead atoms. The molecule has 4 nitrogen and oxygen atoms in total. The van der Waals surface area contributed by atoms with E-state index in [9.17, 15) is 4.79 Å². The van der Waals surface area contributed by atoms with Crippen LogP contribution in [0.15, 0.2) is 59.0 Å². The number of aryl methyl sites for hydroxylation is 1. The third kappa shape index (κ3) is 3.19. The molecule has 0 aliphatic rings. The summed E-state index contributed by atoms with van der Waals surface area (Å²) in [5, 5.41) is 2.83.